The van der Waals surface area contributed by atoms with E-state index in [1.54, 1.807) is 6.20 Å². The third-order valence-corrected chi connectivity index (χ3v) is 5.24. The van der Waals surface area contributed by atoms with E-state index in [1.165, 1.54) is 4.90 Å². The van der Waals surface area contributed by atoms with Crippen LogP contribution in [-0.4, -0.2) is 51.7 Å². The van der Waals surface area contributed by atoms with Crippen LogP contribution in [0.5, 0.6) is 0 Å². The first kappa shape index (κ1) is 18.7. The lowest BCUT2D eigenvalue weighted by Crippen LogP contribution is -2.58. The van der Waals surface area contributed by atoms with Crippen molar-refractivity contribution < 1.29 is 19.2 Å². The average Bonchev–Trinajstić information content (AvgIpc) is 3.09. The maximum Gasteiger partial charge on any atom is 0.410 e. The molecule has 0 spiro atoms. The standard InChI is InChI=1S/C19H19BrN4O4/c20-17-8-14(28-23-17)10-22-18(25)16-5-6-24(16)19(26)27-11-12-7-13-3-1-2-4-15(13)21-9-12/h1-4,7,9,14,16H,5-6,8,10-11H2,(H,22,25)/t14-,16-/m0/s1. The number of amides is 2. The summed E-state index contributed by atoms with van der Waals surface area (Å²) in [4.78, 5) is 35.6. The number of likely N-dealkylation sites (tertiary alicyclic amines) is 1. The molecule has 1 saturated heterocycles. The topological polar surface area (TPSA) is 93.1 Å². The van der Waals surface area contributed by atoms with Gasteiger partial charge in [-0.1, -0.05) is 23.4 Å². The number of oxime groups is 1. The molecule has 1 N–H and O–H groups in total. The maximum absolute atomic E-state index is 12.3. The Labute approximate surface area is 170 Å². The molecule has 1 fully saturated rings. The van der Waals surface area contributed by atoms with Gasteiger partial charge in [-0.05, 0) is 34.5 Å². The minimum absolute atomic E-state index is 0.114. The molecule has 0 radical (unpaired) electrons. The number of hydrogen-bond donors (Lipinski definition) is 1. The van der Waals surface area contributed by atoms with Gasteiger partial charge in [0.25, 0.3) is 0 Å². The van der Waals surface area contributed by atoms with Gasteiger partial charge >= 0.3 is 6.09 Å². The summed E-state index contributed by atoms with van der Waals surface area (Å²) in [6.07, 6.45) is 2.25. The summed E-state index contributed by atoms with van der Waals surface area (Å²) < 4.78 is 6.10. The molecule has 4 rings (SSSR count). The zero-order chi connectivity index (χ0) is 19.5. The molecule has 2 aromatic rings. The van der Waals surface area contributed by atoms with Gasteiger partial charge < -0.3 is 14.9 Å². The first-order valence-electron chi connectivity index (χ1n) is 9.03. The van der Waals surface area contributed by atoms with Crippen LogP contribution in [0.15, 0.2) is 41.7 Å². The van der Waals surface area contributed by atoms with Crippen LogP contribution in [0.1, 0.15) is 18.4 Å². The van der Waals surface area contributed by atoms with Crippen LogP contribution in [-0.2, 0) is 21.0 Å². The molecule has 2 aliphatic rings. The summed E-state index contributed by atoms with van der Waals surface area (Å²) in [5.41, 5.74) is 1.69. The van der Waals surface area contributed by atoms with E-state index in [-0.39, 0.29) is 18.6 Å². The van der Waals surface area contributed by atoms with Gasteiger partial charge in [0.05, 0.1) is 12.1 Å². The van der Waals surface area contributed by atoms with Crippen LogP contribution in [0, 0.1) is 0 Å². The maximum atomic E-state index is 12.3. The van der Waals surface area contributed by atoms with Gasteiger partial charge in [-0.25, -0.2) is 4.79 Å². The van der Waals surface area contributed by atoms with Gasteiger partial charge in [-0.3, -0.25) is 14.7 Å². The fraction of sp³-hybridized carbons (Fsp3) is 0.368. The van der Waals surface area contributed by atoms with Gasteiger partial charge in [0.2, 0.25) is 5.91 Å². The summed E-state index contributed by atoms with van der Waals surface area (Å²) in [5, 5.41) is 7.58. The predicted molar refractivity (Wildman–Crippen MR) is 106 cm³/mol. The van der Waals surface area contributed by atoms with Crippen LogP contribution in [0.25, 0.3) is 10.9 Å². The predicted octanol–water partition coefficient (Wildman–Crippen LogP) is 2.56. The highest BCUT2D eigenvalue weighted by molar-refractivity contribution is 9.18. The highest BCUT2D eigenvalue weighted by Crippen LogP contribution is 2.20. The van der Waals surface area contributed by atoms with E-state index < -0.39 is 12.1 Å². The summed E-state index contributed by atoms with van der Waals surface area (Å²) in [7, 11) is 0. The normalized spacial score (nSPS) is 20.9. The highest BCUT2D eigenvalue weighted by Gasteiger charge is 2.39. The quantitative estimate of drug-likeness (QED) is 0.761. The lowest BCUT2D eigenvalue weighted by Gasteiger charge is -2.38. The Bertz CT molecular complexity index is 935. The summed E-state index contributed by atoms with van der Waals surface area (Å²) in [6, 6.07) is 9.18. The first-order valence-corrected chi connectivity index (χ1v) is 9.82. The molecule has 28 heavy (non-hydrogen) atoms. The van der Waals surface area contributed by atoms with Crippen molar-refractivity contribution in [1.29, 1.82) is 0 Å². The smallest absolute Gasteiger partial charge is 0.410 e. The SMILES string of the molecule is O=C(NC[C@@H]1CC(Br)=NO1)[C@@H]1CCN1C(=O)OCc1cnc2ccccc2c1. The molecule has 9 heteroatoms. The van der Waals surface area contributed by atoms with E-state index in [2.05, 4.69) is 31.4 Å². The molecule has 146 valence electrons. The average molecular weight is 447 g/mol. The number of aromatic nitrogens is 1. The fourth-order valence-electron chi connectivity index (χ4n) is 3.14. The number of carbonyl (C=O) groups excluding carboxylic acids is 2. The second kappa shape index (κ2) is 8.14. The zero-order valence-corrected chi connectivity index (χ0v) is 16.6. The number of rotatable bonds is 5. The Kier molecular flexibility index (Phi) is 5.43. The van der Waals surface area contributed by atoms with Crippen LogP contribution in [0.4, 0.5) is 4.79 Å². The van der Waals surface area contributed by atoms with E-state index in [0.717, 1.165) is 21.1 Å². The zero-order valence-electron chi connectivity index (χ0n) is 15.0. The molecule has 2 aliphatic heterocycles. The van der Waals surface area contributed by atoms with Crippen molar-refractivity contribution >= 4 is 43.5 Å². The number of ether oxygens (including phenoxy) is 1. The Morgan fingerprint density at radius 2 is 2.21 bits per heavy atom. The third-order valence-electron chi connectivity index (χ3n) is 4.77. The summed E-state index contributed by atoms with van der Waals surface area (Å²) in [5.74, 6) is -0.206. The monoisotopic (exact) mass is 446 g/mol. The molecular weight excluding hydrogens is 428 g/mol. The number of nitrogens with one attached hydrogen (secondary N) is 1. The minimum atomic E-state index is -0.506. The first-order chi connectivity index (χ1) is 13.6. The Morgan fingerprint density at radius 1 is 1.36 bits per heavy atom. The van der Waals surface area contributed by atoms with Crippen molar-refractivity contribution in [3.63, 3.8) is 0 Å². The Hall–Kier alpha value is -2.68. The molecule has 1 aromatic heterocycles. The summed E-state index contributed by atoms with van der Waals surface area (Å²) in [6.45, 7) is 0.962. The van der Waals surface area contributed by atoms with Crippen molar-refractivity contribution in [2.75, 3.05) is 13.1 Å². The van der Waals surface area contributed by atoms with Crippen molar-refractivity contribution in [3.05, 3.63) is 42.1 Å². The molecule has 2 atom stereocenters. The van der Waals surface area contributed by atoms with Crippen molar-refractivity contribution in [3.8, 4) is 0 Å². The van der Waals surface area contributed by atoms with Crippen LogP contribution in [0.3, 0.4) is 0 Å². The van der Waals surface area contributed by atoms with Crippen LogP contribution >= 0.6 is 15.9 Å². The number of pyridine rings is 1. The molecule has 1 aromatic carbocycles. The molecule has 2 amide bonds. The minimum Gasteiger partial charge on any atom is -0.444 e. The van der Waals surface area contributed by atoms with E-state index in [1.807, 2.05) is 30.3 Å². The largest absolute Gasteiger partial charge is 0.444 e. The Morgan fingerprint density at radius 3 is 2.96 bits per heavy atom. The van der Waals surface area contributed by atoms with E-state index in [4.69, 9.17) is 9.57 Å². The molecule has 3 heterocycles. The van der Waals surface area contributed by atoms with Crippen LogP contribution in [0.2, 0.25) is 0 Å². The molecule has 8 nitrogen and oxygen atoms in total. The number of benzene rings is 1. The van der Waals surface area contributed by atoms with Crippen LogP contribution < -0.4 is 5.32 Å². The summed E-state index contributed by atoms with van der Waals surface area (Å²) >= 11 is 3.26. The van der Waals surface area contributed by atoms with E-state index >= 15 is 0 Å². The van der Waals surface area contributed by atoms with Gasteiger partial charge in [0.1, 0.15) is 17.3 Å². The Balaban J connectivity index is 1.26. The number of halogens is 1. The fourth-order valence-corrected chi connectivity index (χ4v) is 3.58. The lowest BCUT2D eigenvalue weighted by atomic mass is 10.0. The van der Waals surface area contributed by atoms with Crippen molar-refractivity contribution in [1.82, 2.24) is 15.2 Å². The lowest BCUT2D eigenvalue weighted by molar-refractivity contribution is -0.130. The molecule has 0 saturated carbocycles. The van der Waals surface area contributed by atoms with Gasteiger partial charge in [0, 0.05) is 30.1 Å². The van der Waals surface area contributed by atoms with Crippen molar-refractivity contribution in [2.45, 2.75) is 31.6 Å². The van der Waals surface area contributed by atoms with E-state index in [9.17, 15) is 9.59 Å². The second-order valence-electron chi connectivity index (χ2n) is 6.73. The molecule has 0 unspecified atom stereocenters. The van der Waals surface area contributed by atoms with E-state index in [0.29, 0.717) is 25.9 Å². The third kappa shape index (κ3) is 4.09. The van der Waals surface area contributed by atoms with Gasteiger partial charge in [-0.2, -0.15) is 0 Å². The number of fused-ring (bicyclic) bond motifs is 1. The number of para-hydroxylation sites is 1. The molecule has 0 aliphatic carbocycles. The number of hydrogen-bond acceptors (Lipinski definition) is 6. The van der Waals surface area contributed by atoms with Gasteiger partial charge in [-0.15, -0.1) is 0 Å². The highest BCUT2D eigenvalue weighted by atomic mass is 79.9. The number of nitrogens with zero attached hydrogens (tertiary/aromatic N) is 3. The second-order valence-corrected chi connectivity index (χ2v) is 7.65. The van der Waals surface area contributed by atoms with Gasteiger partial charge in [0.15, 0.2) is 6.10 Å². The van der Waals surface area contributed by atoms with Crippen molar-refractivity contribution in [2.24, 2.45) is 5.16 Å². The molecular formula is C19H19BrN4O4. The molecule has 0 bridgehead atoms. The number of carbonyl (C=O) groups is 2.